The number of ketones is 1. The number of nitrogens with one attached hydrogen (secondary N) is 1. The van der Waals surface area contributed by atoms with Crippen LogP contribution in [-0.2, 0) is 35.0 Å². The van der Waals surface area contributed by atoms with Crippen molar-refractivity contribution in [1.82, 2.24) is 10.3 Å². The van der Waals surface area contributed by atoms with Crippen LogP contribution in [0.4, 0.5) is 4.79 Å². The second kappa shape index (κ2) is 13.9. The number of hydrogen-bond acceptors (Lipinski definition) is 8. The van der Waals surface area contributed by atoms with Gasteiger partial charge in [0.2, 0.25) is 0 Å². The van der Waals surface area contributed by atoms with E-state index in [1.807, 2.05) is 18.2 Å². The Balaban J connectivity index is 1.27. The summed E-state index contributed by atoms with van der Waals surface area (Å²) in [5, 5.41) is 2.65. The molecule has 0 radical (unpaired) electrons. The Morgan fingerprint density at radius 3 is 2.57 bits per heavy atom. The molecule has 1 amide bonds. The molecular weight excluding hydrogens is 596 g/mol. The van der Waals surface area contributed by atoms with Gasteiger partial charge in [-0.05, 0) is 113 Å². The molecule has 47 heavy (non-hydrogen) atoms. The van der Waals surface area contributed by atoms with Gasteiger partial charge < -0.3 is 19.5 Å². The third kappa shape index (κ3) is 7.81. The second-order valence-corrected chi connectivity index (χ2v) is 15.6. The SMILES string of the molecule is CC(=O)O[C@H]1CC[C@H]2[C@@H]3[C@H](C/C=C/COC(=O)[C@@H](Cc4ccccn4)NC(=O)OC(C)(C)C)CC4=CC(=O)CC[C@]4(C)[C@H]3CC[C@]12C. The van der Waals surface area contributed by atoms with Crippen LogP contribution >= 0.6 is 0 Å². The van der Waals surface area contributed by atoms with E-state index in [0.717, 1.165) is 44.9 Å². The van der Waals surface area contributed by atoms with Gasteiger partial charge in [-0.3, -0.25) is 14.6 Å². The van der Waals surface area contributed by atoms with E-state index in [2.05, 4.69) is 30.2 Å². The minimum absolute atomic E-state index is 0.0267. The summed E-state index contributed by atoms with van der Waals surface area (Å²) in [7, 11) is 0. The third-order valence-electron chi connectivity index (χ3n) is 11.4. The average Bonchev–Trinajstić information content (AvgIpc) is 3.32. The zero-order valence-electron chi connectivity index (χ0n) is 28.9. The summed E-state index contributed by atoms with van der Waals surface area (Å²) in [6.45, 7) is 11.6. The lowest BCUT2D eigenvalue weighted by Crippen LogP contribution is -2.54. The first-order valence-corrected chi connectivity index (χ1v) is 17.3. The maximum atomic E-state index is 13.2. The number of aromatic nitrogens is 1. The van der Waals surface area contributed by atoms with Gasteiger partial charge in [-0.15, -0.1) is 0 Å². The Morgan fingerprint density at radius 2 is 1.87 bits per heavy atom. The maximum Gasteiger partial charge on any atom is 0.408 e. The van der Waals surface area contributed by atoms with Crippen LogP contribution in [0.5, 0.6) is 0 Å². The van der Waals surface area contributed by atoms with Crippen molar-refractivity contribution in [1.29, 1.82) is 0 Å². The van der Waals surface area contributed by atoms with E-state index in [9.17, 15) is 19.2 Å². The normalized spacial score (nSPS) is 32.3. The summed E-state index contributed by atoms with van der Waals surface area (Å²) < 4.78 is 16.9. The number of esters is 2. The van der Waals surface area contributed by atoms with Crippen LogP contribution in [0.25, 0.3) is 0 Å². The van der Waals surface area contributed by atoms with E-state index in [-0.39, 0.29) is 41.7 Å². The number of carbonyl (C=O) groups excluding carboxylic acids is 4. The van der Waals surface area contributed by atoms with Crippen molar-refractivity contribution < 1.29 is 33.4 Å². The van der Waals surface area contributed by atoms with Crippen molar-refractivity contribution in [3.05, 3.63) is 53.9 Å². The Bertz CT molecular complexity index is 1400. The number of carbonyl (C=O) groups is 4. The van der Waals surface area contributed by atoms with Crippen molar-refractivity contribution in [3.8, 4) is 0 Å². The van der Waals surface area contributed by atoms with E-state index >= 15 is 0 Å². The number of hydrogen-bond donors (Lipinski definition) is 1. The van der Waals surface area contributed by atoms with Crippen LogP contribution in [0.3, 0.4) is 0 Å². The number of ether oxygens (including phenoxy) is 3. The Morgan fingerprint density at radius 1 is 1.09 bits per heavy atom. The number of alkyl carbamates (subject to hydrolysis) is 1. The molecule has 4 aliphatic rings. The summed E-state index contributed by atoms with van der Waals surface area (Å²) in [5.41, 5.74) is 1.22. The van der Waals surface area contributed by atoms with Gasteiger partial charge in [0.1, 0.15) is 24.4 Å². The van der Waals surface area contributed by atoms with Crippen molar-refractivity contribution in [2.45, 2.75) is 117 Å². The van der Waals surface area contributed by atoms with Crippen LogP contribution in [-0.4, -0.2) is 53.2 Å². The molecule has 0 saturated heterocycles. The summed E-state index contributed by atoms with van der Waals surface area (Å²) >= 11 is 0. The highest BCUT2D eigenvalue weighted by Crippen LogP contribution is 2.67. The van der Waals surface area contributed by atoms with Crippen molar-refractivity contribution in [2.75, 3.05) is 6.61 Å². The molecule has 0 aromatic carbocycles. The summed E-state index contributed by atoms with van der Waals surface area (Å²) in [6.07, 6.45) is 14.2. The molecule has 256 valence electrons. The lowest BCUT2D eigenvalue weighted by atomic mass is 9.44. The molecule has 0 bridgehead atoms. The highest BCUT2D eigenvalue weighted by atomic mass is 16.6. The Labute approximate surface area is 279 Å². The Hall–Kier alpha value is -3.49. The van der Waals surface area contributed by atoms with Crippen LogP contribution in [0.1, 0.15) is 98.6 Å². The molecule has 0 unspecified atom stereocenters. The van der Waals surface area contributed by atoms with Crippen molar-refractivity contribution >= 4 is 23.8 Å². The molecule has 3 fully saturated rings. The highest BCUT2D eigenvalue weighted by molar-refractivity contribution is 5.91. The van der Waals surface area contributed by atoms with Crippen LogP contribution in [0.2, 0.25) is 0 Å². The molecule has 1 heterocycles. The van der Waals surface area contributed by atoms with Gasteiger partial charge in [-0.25, -0.2) is 9.59 Å². The largest absolute Gasteiger partial charge is 0.462 e. The lowest BCUT2D eigenvalue weighted by Gasteiger charge is -2.60. The smallest absolute Gasteiger partial charge is 0.408 e. The van der Waals surface area contributed by atoms with E-state index in [0.29, 0.717) is 35.8 Å². The monoisotopic (exact) mass is 648 g/mol. The molecule has 1 aromatic heterocycles. The van der Waals surface area contributed by atoms with E-state index in [4.69, 9.17) is 14.2 Å². The predicted octanol–water partition coefficient (Wildman–Crippen LogP) is 6.70. The summed E-state index contributed by atoms with van der Waals surface area (Å²) in [6, 6.07) is 4.46. The second-order valence-electron chi connectivity index (χ2n) is 15.6. The van der Waals surface area contributed by atoms with Crippen LogP contribution < -0.4 is 5.32 Å². The van der Waals surface area contributed by atoms with Gasteiger partial charge in [0.25, 0.3) is 0 Å². The number of pyridine rings is 1. The molecular formula is C38H52N2O7. The Kier molecular flexibility index (Phi) is 10.3. The van der Waals surface area contributed by atoms with Gasteiger partial charge in [0, 0.05) is 37.1 Å². The summed E-state index contributed by atoms with van der Waals surface area (Å²) in [5.74, 6) is 1.19. The molecule has 4 aliphatic carbocycles. The van der Waals surface area contributed by atoms with E-state index in [1.54, 1.807) is 39.1 Å². The molecule has 0 aliphatic heterocycles. The molecule has 8 atom stereocenters. The fourth-order valence-corrected chi connectivity index (χ4v) is 9.23. The quantitative estimate of drug-likeness (QED) is 0.179. The minimum Gasteiger partial charge on any atom is -0.462 e. The van der Waals surface area contributed by atoms with Crippen LogP contribution in [0, 0.1) is 34.5 Å². The van der Waals surface area contributed by atoms with Gasteiger partial charge >= 0.3 is 18.0 Å². The molecule has 9 nitrogen and oxygen atoms in total. The third-order valence-corrected chi connectivity index (χ3v) is 11.4. The number of rotatable bonds is 9. The standard InChI is InChI=1S/C38H52N2O7/c1-24(41)46-32-14-13-29-33-25(21-26-22-28(42)15-17-37(26,5)30(33)16-18-38(29,32)6)11-8-10-20-45-34(43)31(23-27-12-7-9-19-39-27)40-35(44)47-36(2,3)4/h7-10,12,19,22,25,29-33H,11,13-18,20-21,23H2,1-6H3,(H,40,44)/b10-8+/t25-,29+,30+,31-,32+,33+,37+,38+/m1/s1. The average molecular weight is 649 g/mol. The summed E-state index contributed by atoms with van der Waals surface area (Å²) in [4.78, 5) is 54.5. The van der Waals surface area contributed by atoms with Crippen molar-refractivity contribution in [2.24, 2.45) is 34.5 Å². The highest BCUT2D eigenvalue weighted by Gasteiger charge is 2.61. The number of amides is 1. The molecule has 9 heteroatoms. The lowest BCUT2D eigenvalue weighted by molar-refractivity contribution is -0.158. The molecule has 0 spiro atoms. The van der Waals surface area contributed by atoms with Gasteiger partial charge in [-0.1, -0.05) is 37.6 Å². The molecule has 1 aromatic rings. The fraction of sp³-hybridized carbons (Fsp3) is 0.658. The van der Waals surface area contributed by atoms with Crippen LogP contribution in [0.15, 0.2) is 48.2 Å². The number of nitrogens with zero attached hydrogens (tertiary/aromatic N) is 1. The van der Waals surface area contributed by atoms with Crippen molar-refractivity contribution in [3.63, 3.8) is 0 Å². The fourth-order valence-electron chi connectivity index (χ4n) is 9.23. The van der Waals surface area contributed by atoms with Gasteiger partial charge in [0.15, 0.2) is 5.78 Å². The van der Waals surface area contributed by atoms with E-state index < -0.39 is 23.7 Å². The first kappa shape index (κ1) is 34.8. The molecule has 1 N–H and O–H groups in total. The first-order valence-electron chi connectivity index (χ1n) is 17.3. The zero-order chi connectivity index (χ0) is 34.0. The zero-order valence-corrected chi connectivity index (χ0v) is 28.9. The predicted molar refractivity (Wildman–Crippen MR) is 177 cm³/mol. The molecule has 5 rings (SSSR count). The minimum atomic E-state index is -0.951. The van der Waals surface area contributed by atoms with Gasteiger partial charge in [-0.2, -0.15) is 0 Å². The topological polar surface area (TPSA) is 121 Å². The maximum absolute atomic E-state index is 13.2. The number of fused-ring (bicyclic) bond motifs is 5. The number of allylic oxidation sites excluding steroid dienone is 2. The van der Waals surface area contributed by atoms with E-state index in [1.165, 1.54) is 12.5 Å². The first-order chi connectivity index (χ1) is 22.2. The van der Waals surface area contributed by atoms with Gasteiger partial charge in [0.05, 0.1) is 0 Å². The molecule has 3 saturated carbocycles.